The first kappa shape index (κ1) is 13.2. The minimum absolute atomic E-state index is 0.103. The Kier molecular flexibility index (Phi) is 3.81. The van der Waals surface area contributed by atoms with Crippen molar-refractivity contribution in [2.75, 3.05) is 12.4 Å². The molecule has 0 unspecified atom stereocenters. The number of benzene rings is 1. The molecule has 1 aliphatic heterocycles. The van der Waals surface area contributed by atoms with Gasteiger partial charge in [-0.3, -0.25) is 4.79 Å². The molecule has 0 radical (unpaired) electrons. The number of carbonyl (C=O) groups is 1. The summed E-state index contributed by atoms with van der Waals surface area (Å²) < 4.78 is 4.90. The molecule has 1 aromatic carbocycles. The maximum Gasteiger partial charge on any atom is 0.311 e. The Morgan fingerprint density at radius 3 is 2.83 bits per heavy atom. The standard InChI is InChI=1S/C14H18ClNO2/c1-8(2)13-11(14(17)18-3)7-9-6-10(15)4-5-12(9)16-13/h4-6,8,11,13,16H,7H2,1-3H3/t11-,13-/m1/s1. The summed E-state index contributed by atoms with van der Waals surface area (Å²) in [4.78, 5) is 11.9. The molecule has 4 heteroatoms. The highest BCUT2D eigenvalue weighted by Gasteiger charge is 2.35. The lowest BCUT2D eigenvalue weighted by molar-refractivity contribution is -0.146. The van der Waals surface area contributed by atoms with Crippen molar-refractivity contribution < 1.29 is 9.53 Å². The van der Waals surface area contributed by atoms with Crippen LogP contribution in [0, 0.1) is 11.8 Å². The largest absolute Gasteiger partial charge is 0.469 e. The van der Waals surface area contributed by atoms with E-state index >= 15 is 0 Å². The minimum atomic E-state index is -0.160. The van der Waals surface area contributed by atoms with E-state index in [1.165, 1.54) is 7.11 Å². The number of hydrogen-bond donors (Lipinski definition) is 1. The number of rotatable bonds is 2. The van der Waals surface area contributed by atoms with Crippen LogP contribution in [0.1, 0.15) is 19.4 Å². The van der Waals surface area contributed by atoms with E-state index in [-0.39, 0.29) is 17.9 Å². The van der Waals surface area contributed by atoms with Gasteiger partial charge in [-0.25, -0.2) is 0 Å². The van der Waals surface area contributed by atoms with Crippen LogP contribution in [0.2, 0.25) is 5.02 Å². The lowest BCUT2D eigenvalue weighted by Crippen LogP contribution is -2.43. The normalized spacial score (nSPS) is 22.3. The van der Waals surface area contributed by atoms with E-state index in [0.717, 1.165) is 11.3 Å². The van der Waals surface area contributed by atoms with Gasteiger partial charge in [0.2, 0.25) is 0 Å². The van der Waals surface area contributed by atoms with Crippen molar-refractivity contribution in [3.8, 4) is 0 Å². The van der Waals surface area contributed by atoms with Crippen molar-refractivity contribution in [1.29, 1.82) is 0 Å². The van der Waals surface area contributed by atoms with E-state index in [1.54, 1.807) is 0 Å². The van der Waals surface area contributed by atoms with E-state index in [1.807, 2.05) is 18.2 Å². The van der Waals surface area contributed by atoms with Crippen LogP contribution in [-0.2, 0) is 16.0 Å². The number of carbonyl (C=O) groups excluding carboxylic acids is 1. The van der Waals surface area contributed by atoms with E-state index in [4.69, 9.17) is 16.3 Å². The number of nitrogens with one attached hydrogen (secondary N) is 1. The molecule has 0 fully saturated rings. The molecule has 0 saturated carbocycles. The van der Waals surface area contributed by atoms with Crippen LogP contribution in [0.5, 0.6) is 0 Å². The van der Waals surface area contributed by atoms with Crippen LogP contribution >= 0.6 is 11.6 Å². The monoisotopic (exact) mass is 267 g/mol. The van der Waals surface area contributed by atoms with Gasteiger partial charge in [0.05, 0.1) is 13.0 Å². The number of halogens is 1. The predicted octanol–water partition coefficient (Wildman–Crippen LogP) is 3.12. The lowest BCUT2D eigenvalue weighted by atomic mass is 9.82. The smallest absolute Gasteiger partial charge is 0.311 e. The molecule has 2 rings (SSSR count). The van der Waals surface area contributed by atoms with Crippen molar-refractivity contribution in [2.24, 2.45) is 11.8 Å². The SMILES string of the molecule is COC(=O)[C@@H]1Cc2cc(Cl)ccc2N[C@@H]1C(C)C. The summed E-state index contributed by atoms with van der Waals surface area (Å²) in [6, 6.07) is 5.85. The molecule has 1 aliphatic rings. The van der Waals surface area contributed by atoms with Gasteiger partial charge >= 0.3 is 5.97 Å². The summed E-state index contributed by atoms with van der Waals surface area (Å²) in [7, 11) is 1.44. The molecule has 0 bridgehead atoms. The number of esters is 1. The average Bonchev–Trinajstić information content (AvgIpc) is 2.35. The third-order valence-corrected chi connectivity index (χ3v) is 3.72. The molecule has 18 heavy (non-hydrogen) atoms. The maximum absolute atomic E-state index is 11.9. The Labute approximate surface area is 112 Å². The molecule has 1 N–H and O–H groups in total. The fourth-order valence-electron chi connectivity index (χ4n) is 2.53. The maximum atomic E-state index is 11.9. The summed E-state index contributed by atoms with van der Waals surface area (Å²) in [6.45, 7) is 4.21. The molecule has 1 heterocycles. The Hall–Kier alpha value is -1.22. The lowest BCUT2D eigenvalue weighted by Gasteiger charge is -2.35. The first-order valence-electron chi connectivity index (χ1n) is 6.15. The number of methoxy groups -OCH3 is 1. The summed E-state index contributed by atoms with van der Waals surface area (Å²) >= 11 is 5.99. The zero-order valence-corrected chi connectivity index (χ0v) is 11.6. The number of hydrogen-bond acceptors (Lipinski definition) is 3. The van der Waals surface area contributed by atoms with Crippen LogP contribution in [-0.4, -0.2) is 19.1 Å². The zero-order valence-electron chi connectivity index (χ0n) is 10.9. The van der Waals surface area contributed by atoms with Crippen molar-refractivity contribution in [1.82, 2.24) is 0 Å². The van der Waals surface area contributed by atoms with Crippen LogP contribution in [0.4, 0.5) is 5.69 Å². The Morgan fingerprint density at radius 1 is 1.50 bits per heavy atom. The fourth-order valence-corrected chi connectivity index (χ4v) is 2.72. The van der Waals surface area contributed by atoms with Gasteiger partial charge in [-0.05, 0) is 36.1 Å². The summed E-state index contributed by atoms with van der Waals surface area (Å²) in [6.07, 6.45) is 0.679. The summed E-state index contributed by atoms with van der Waals surface area (Å²) in [5, 5.41) is 4.13. The molecule has 0 aliphatic carbocycles. The van der Waals surface area contributed by atoms with Gasteiger partial charge in [-0.1, -0.05) is 25.4 Å². The second-order valence-corrected chi connectivity index (χ2v) is 5.49. The third-order valence-electron chi connectivity index (χ3n) is 3.48. The van der Waals surface area contributed by atoms with Crippen LogP contribution in [0.25, 0.3) is 0 Å². The average molecular weight is 268 g/mol. The fraction of sp³-hybridized carbons (Fsp3) is 0.500. The Bertz CT molecular complexity index is 459. The van der Waals surface area contributed by atoms with Crippen LogP contribution < -0.4 is 5.32 Å². The van der Waals surface area contributed by atoms with E-state index in [2.05, 4.69) is 19.2 Å². The second-order valence-electron chi connectivity index (χ2n) is 5.05. The number of anilines is 1. The molecule has 1 aromatic rings. The minimum Gasteiger partial charge on any atom is -0.469 e. The second kappa shape index (κ2) is 5.19. The molecule has 0 aromatic heterocycles. The molecular formula is C14H18ClNO2. The quantitative estimate of drug-likeness (QED) is 0.837. The highest BCUT2D eigenvalue weighted by molar-refractivity contribution is 6.30. The van der Waals surface area contributed by atoms with E-state index < -0.39 is 0 Å². The van der Waals surface area contributed by atoms with Crippen molar-refractivity contribution >= 4 is 23.3 Å². The van der Waals surface area contributed by atoms with Gasteiger partial charge in [0, 0.05) is 16.8 Å². The molecular weight excluding hydrogens is 250 g/mol. The van der Waals surface area contributed by atoms with Crippen molar-refractivity contribution in [3.63, 3.8) is 0 Å². The first-order chi connectivity index (χ1) is 8.52. The number of fused-ring (bicyclic) bond motifs is 1. The third kappa shape index (κ3) is 2.46. The highest BCUT2D eigenvalue weighted by Crippen LogP contribution is 2.33. The van der Waals surface area contributed by atoms with Crippen LogP contribution in [0.3, 0.4) is 0 Å². The topological polar surface area (TPSA) is 38.3 Å². The van der Waals surface area contributed by atoms with Gasteiger partial charge in [-0.2, -0.15) is 0 Å². The molecule has 0 amide bonds. The van der Waals surface area contributed by atoms with Gasteiger partial charge in [0.15, 0.2) is 0 Å². The van der Waals surface area contributed by atoms with Gasteiger partial charge in [-0.15, -0.1) is 0 Å². The molecule has 0 spiro atoms. The van der Waals surface area contributed by atoms with Gasteiger partial charge in [0.1, 0.15) is 0 Å². The predicted molar refractivity (Wildman–Crippen MR) is 72.9 cm³/mol. The van der Waals surface area contributed by atoms with Crippen LogP contribution in [0.15, 0.2) is 18.2 Å². The summed E-state index contributed by atoms with van der Waals surface area (Å²) in [5.41, 5.74) is 2.15. The van der Waals surface area contributed by atoms with Gasteiger partial charge in [0.25, 0.3) is 0 Å². The molecule has 98 valence electrons. The van der Waals surface area contributed by atoms with Crippen molar-refractivity contribution in [2.45, 2.75) is 26.3 Å². The molecule has 2 atom stereocenters. The Morgan fingerprint density at radius 2 is 2.22 bits per heavy atom. The van der Waals surface area contributed by atoms with E-state index in [0.29, 0.717) is 17.4 Å². The van der Waals surface area contributed by atoms with Gasteiger partial charge < -0.3 is 10.1 Å². The Balaban J connectivity index is 2.34. The first-order valence-corrected chi connectivity index (χ1v) is 6.53. The zero-order chi connectivity index (χ0) is 13.3. The van der Waals surface area contributed by atoms with Crippen molar-refractivity contribution in [3.05, 3.63) is 28.8 Å². The highest BCUT2D eigenvalue weighted by atomic mass is 35.5. The molecule has 0 saturated heterocycles. The molecule has 3 nitrogen and oxygen atoms in total. The van der Waals surface area contributed by atoms with E-state index in [9.17, 15) is 4.79 Å². The number of ether oxygens (including phenoxy) is 1. The summed E-state index contributed by atoms with van der Waals surface area (Å²) in [5.74, 6) is 0.0470.